The van der Waals surface area contributed by atoms with Crippen LogP contribution in [0.5, 0.6) is 11.5 Å². The number of methoxy groups -OCH3 is 2. The Hall–Kier alpha value is -3.42. The van der Waals surface area contributed by atoms with E-state index in [0.29, 0.717) is 35.5 Å². The Bertz CT molecular complexity index is 1350. The van der Waals surface area contributed by atoms with Gasteiger partial charge in [0.25, 0.3) is 5.56 Å². The lowest BCUT2D eigenvalue weighted by atomic mass is 10.0. The Morgan fingerprint density at radius 2 is 1.70 bits per heavy atom. The summed E-state index contributed by atoms with van der Waals surface area (Å²) in [4.78, 5) is 20.1. The van der Waals surface area contributed by atoms with E-state index < -0.39 is 0 Å². The molecular weight excluding hydrogens is 418 g/mol. The molecule has 1 N–H and O–H groups in total. The Labute approximate surface area is 192 Å². The number of rotatable bonds is 6. The molecule has 1 aromatic heterocycles. The van der Waals surface area contributed by atoms with Gasteiger partial charge in [0.15, 0.2) is 17.3 Å². The number of ether oxygens (including phenoxy) is 3. The first-order chi connectivity index (χ1) is 16.2. The summed E-state index contributed by atoms with van der Waals surface area (Å²) in [7, 11) is 3.16. The van der Waals surface area contributed by atoms with Crippen molar-refractivity contribution in [2.45, 2.75) is 13.1 Å². The largest absolute Gasteiger partial charge is 0.493 e. The van der Waals surface area contributed by atoms with Gasteiger partial charge in [0.05, 0.1) is 44.9 Å². The number of hydrogen-bond acceptors (Lipinski definition) is 5. The van der Waals surface area contributed by atoms with Crippen molar-refractivity contribution >= 4 is 21.7 Å². The number of nitrogens with one attached hydrogen (secondary N) is 1. The molecular formula is C26H28N3O4+. The van der Waals surface area contributed by atoms with E-state index in [1.165, 1.54) is 4.90 Å². The van der Waals surface area contributed by atoms with Crippen LogP contribution in [0, 0.1) is 0 Å². The van der Waals surface area contributed by atoms with Crippen LogP contribution in [0.3, 0.4) is 0 Å². The maximum absolute atomic E-state index is 13.8. The zero-order valence-corrected chi connectivity index (χ0v) is 19.0. The molecule has 0 spiro atoms. The van der Waals surface area contributed by atoms with Gasteiger partial charge >= 0.3 is 0 Å². The number of fused-ring (bicyclic) bond motifs is 2. The minimum atomic E-state index is -0.0726. The van der Waals surface area contributed by atoms with Gasteiger partial charge in [-0.1, -0.05) is 42.5 Å². The average molecular weight is 447 g/mol. The molecule has 0 amide bonds. The van der Waals surface area contributed by atoms with E-state index in [2.05, 4.69) is 24.3 Å². The minimum Gasteiger partial charge on any atom is -0.493 e. The Morgan fingerprint density at radius 3 is 2.48 bits per heavy atom. The fourth-order valence-corrected chi connectivity index (χ4v) is 4.55. The number of quaternary nitrogens is 1. The van der Waals surface area contributed by atoms with Gasteiger partial charge < -0.3 is 19.1 Å². The average Bonchev–Trinajstić information content (AvgIpc) is 2.86. The molecule has 0 radical (unpaired) electrons. The van der Waals surface area contributed by atoms with Crippen molar-refractivity contribution in [3.8, 4) is 11.5 Å². The maximum Gasteiger partial charge on any atom is 0.262 e. The SMILES string of the molecule is COc1cc2nc(C[NH+]3CCOCC3)n(Cc3cccc4ccccc34)c(=O)c2cc1OC. The zero-order chi connectivity index (χ0) is 22.8. The second-order valence-corrected chi connectivity index (χ2v) is 8.32. The maximum atomic E-state index is 13.8. The number of nitrogens with zero attached hydrogens (tertiary/aromatic N) is 2. The first kappa shape index (κ1) is 21.4. The van der Waals surface area contributed by atoms with Crippen LogP contribution in [0.2, 0.25) is 0 Å². The topological polar surface area (TPSA) is 67.0 Å². The van der Waals surface area contributed by atoms with Crippen LogP contribution in [-0.4, -0.2) is 50.1 Å². The molecule has 7 heteroatoms. The molecule has 7 nitrogen and oxygen atoms in total. The number of aromatic nitrogens is 2. The molecule has 0 unspecified atom stereocenters. The molecule has 2 heterocycles. The van der Waals surface area contributed by atoms with Gasteiger partial charge in [0.2, 0.25) is 0 Å². The van der Waals surface area contributed by atoms with Gasteiger partial charge in [-0.2, -0.15) is 0 Å². The van der Waals surface area contributed by atoms with Crippen LogP contribution < -0.4 is 19.9 Å². The number of benzene rings is 3. The second kappa shape index (κ2) is 9.21. The number of hydrogen-bond donors (Lipinski definition) is 1. The molecule has 0 saturated carbocycles. The van der Waals surface area contributed by atoms with E-state index in [1.807, 2.05) is 22.8 Å². The fraction of sp³-hybridized carbons (Fsp3) is 0.308. The molecule has 0 bridgehead atoms. The molecule has 1 aliphatic heterocycles. The van der Waals surface area contributed by atoms with Gasteiger partial charge in [-0.3, -0.25) is 9.36 Å². The van der Waals surface area contributed by atoms with E-state index in [1.54, 1.807) is 26.4 Å². The van der Waals surface area contributed by atoms with Crippen molar-refractivity contribution in [2.24, 2.45) is 0 Å². The van der Waals surface area contributed by atoms with E-state index in [9.17, 15) is 4.79 Å². The van der Waals surface area contributed by atoms with Crippen molar-refractivity contribution in [3.63, 3.8) is 0 Å². The molecule has 1 aliphatic rings. The predicted octanol–water partition coefficient (Wildman–Crippen LogP) is 2.03. The fourth-order valence-electron chi connectivity index (χ4n) is 4.55. The number of morpholine rings is 1. The molecule has 1 saturated heterocycles. The molecule has 0 aliphatic carbocycles. The molecule has 4 aromatic rings. The van der Waals surface area contributed by atoms with Gasteiger partial charge in [-0.15, -0.1) is 0 Å². The summed E-state index contributed by atoms with van der Waals surface area (Å²) < 4.78 is 18.2. The molecule has 5 rings (SSSR count). The third-order valence-corrected chi connectivity index (χ3v) is 6.35. The van der Waals surface area contributed by atoms with Crippen LogP contribution >= 0.6 is 0 Å². The summed E-state index contributed by atoms with van der Waals surface area (Å²) >= 11 is 0. The summed E-state index contributed by atoms with van der Waals surface area (Å²) in [5.41, 5.74) is 1.64. The van der Waals surface area contributed by atoms with Crippen molar-refractivity contribution in [1.82, 2.24) is 9.55 Å². The van der Waals surface area contributed by atoms with Crippen molar-refractivity contribution in [1.29, 1.82) is 0 Å². The quantitative estimate of drug-likeness (QED) is 0.491. The highest BCUT2D eigenvalue weighted by atomic mass is 16.5. The summed E-state index contributed by atoms with van der Waals surface area (Å²) in [5, 5.41) is 2.82. The van der Waals surface area contributed by atoms with Crippen LogP contribution in [0.4, 0.5) is 0 Å². The minimum absolute atomic E-state index is 0.0726. The van der Waals surface area contributed by atoms with Crippen LogP contribution in [0.15, 0.2) is 59.4 Å². The Morgan fingerprint density at radius 1 is 0.970 bits per heavy atom. The van der Waals surface area contributed by atoms with Crippen molar-refractivity contribution < 1.29 is 19.1 Å². The standard InChI is InChI=1S/C26H27N3O4/c1-31-23-14-21-22(15-24(23)32-2)27-25(17-28-10-12-33-13-11-28)29(26(21)30)16-19-8-5-7-18-6-3-4-9-20(18)19/h3-9,14-15H,10-13,16-17H2,1-2H3/p+1. The van der Waals surface area contributed by atoms with Gasteiger partial charge in [-0.05, 0) is 22.4 Å². The summed E-state index contributed by atoms with van der Waals surface area (Å²) in [6.45, 7) is 4.36. The van der Waals surface area contributed by atoms with Crippen molar-refractivity contribution in [2.75, 3.05) is 40.5 Å². The molecule has 0 atom stereocenters. The van der Waals surface area contributed by atoms with Gasteiger partial charge in [-0.25, -0.2) is 4.98 Å². The highest BCUT2D eigenvalue weighted by molar-refractivity contribution is 5.86. The summed E-state index contributed by atoms with van der Waals surface area (Å²) in [6.07, 6.45) is 0. The summed E-state index contributed by atoms with van der Waals surface area (Å²) in [5.74, 6) is 1.85. The normalized spacial score (nSPS) is 14.6. The first-order valence-electron chi connectivity index (χ1n) is 11.2. The molecule has 170 valence electrons. The van der Waals surface area contributed by atoms with E-state index >= 15 is 0 Å². The summed E-state index contributed by atoms with van der Waals surface area (Å²) in [6, 6.07) is 18.0. The lowest BCUT2D eigenvalue weighted by Crippen LogP contribution is -3.13. The van der Waals surface area contributed by atoms with Crippen molar-refractivity contribution in [3.05, 3.63) is 76.3 Å². The highest BCUT2D eigenvalue weighted by Gasteiger charge is 2.21. The monoisotopic (exact) mass is 446 g/mol. The van der Waals surface area contributed by atoms with E-state index in [0.717, 1.165) is 48.5 Å². The zero-order valence-electron chi connectivity index (χ0n) is 19.0. The van der Waals surface area contributed by atoms with E-state index in [4.69, 9.17) is 19.2 Å². The first-order valence-corrected chi connectivity index (χ1v) is 11.2. The Balaban J connectivity index is 1.67. The van der Waals surface area contributed by atoms with Gasteiger partial charge in [0, 0.05) is 6.07 Å². The third kappa shape index (κ3) is 4.17. The highest BCUT2D eigenvalue weighted by Crippen LogP contribution is 2.30. The lowest BCUT2D eigenvalue weighted by molar-refractivity contribution is -0.922. The van der Waals surface area contributed by atoms with Crippen LogP contribution in [0.25, 0.3) is 21.7 Å². The lowest BCUT2D eigenvalue weighted by Gasteiger charge is -2.25. The molecule has 1 fully saturated rings. The smallest absolute Gasteiger partial charge is 0.262 e. The Kier molecular flexibility index (Phi) is 5.98. The van der Waals surface area contributed by atoms with E-state index in [-0.39, 0.29) is 5.56 Å². The second-order valence-electron chi connectivity index (χ2n) is 8.32. The van der Waals surface area contributed by atoms with Crippen LogP contribution in [0.1, 0.15) is 11.4 Å². The van der Waals surface area contributed by atoms with Crippen LogP contribution in [-0.2, 0) is 17.8 Å². The predicted molar refractivity (Wildman–Crippen MR) is 127 cm³/mol. The molecule has 33 heavy (non-hydrogen) atoms. The van der Waals surface area contributed by atoms with Gasteiger partial charge in [0.1, 0.15) is 19.6 Å². The molecule has 3 aromatic carbocycles. The third-order valence-electron chi connectivity index (χ3n) is 6.35.